The smallest absolute Gasteiger partial charge is 0.256 e. The lowest BCUT2D eigenvalue weighted by atomic mass is 9.96. The Morgan fingerprint density at radius 1 is 1.09 bits per heavy atom. The SMILES string of the molecule is CCCCC1=NC2(CCCC2)C(=O)N1Cc1ccc(-c2ccccc2S(N)(=O)=O)c(COCC)c1. The molecule has 1 aliphatic carbocycles. The predicted octanol–water partition coefficient (Wildman–Crippen LogP) is 4.78. The summed E-state index contributed by atoms with van der Waals surface area (Å²) in [5.74, 6) is 1.02. The van der Waals surface area contributed by atoms with Crippen LogP contribution in [0.3, 0.4) is 0 Å². The minimum absolute atomic E-state index is 0.0809. The van der Waals surface area contributed by atoms with E-state index in [1.807, 2.05) is 30.0 Å². The average molecular weight is 498 g/mol. The largest absolute Gasteiger partial charge is 0.377 e. The molecule has 0 radical (unpaired) electrons. The van der Waals surface area contributed by atoms with Crippen LogP contribution in [0.4, 0.5) is 0 Å². The molecule has 4 rings (SSSR count). The van der Waals surface area contributed by atoms with Gasteiger partial charge in [-0.25, -0.2) is 13.6 Å². The Kier molecular flexibility index (Phi) is 7.73. The van der Waals surface area contributed by atoms with E-state index in [9.17, 15) is 13.2 Å². The molecule has 1 spiro atoms. The highest BCUT2D eigenvalue weighted by molar-refractivity contribution is 7.89. The molecule has 8 heteroatoms. The number of primary sulfonamides is 1. The Bertz CT molecular complexity index is 1220. The van der Waals surface area contributed by atoms with Gasteiger partial charge in [0.2, 0.25) is 10.0 Å². The number of aliphatic imine (C=N–C) groups is 1. The first-order valence-electron chi connectivity index (χ1n) is 12.5. The standard InChI is InChI=1S/C27H35N3O4S/c1-3-5-12-25-29-27(15-8-9-16-27)26(31)30(25)18-20-13-14-22(21(17-20)19-34-4-2)23-10-6-7-11-24(23)35(28,32)33/h6-7,10-11,13-14,17H,3-5,8-9,12,15-16,18-19H2,1-2H3,(H2,28,32,33). The van der Waals surface area contributed by atoms with Gasteiger partial charge in [-0.1, -0.05) is 62.6 Å². The molecule has 1 fully saturated rings. The topological polar surface area (TPSA) is 102 Å². The lowest BCUT2D eigenvalue weighted by molar-refractivity contribution is -0.131. The second-order valence-corrected chi connectivity index (χ2v) is 11.0. The van der Waals surface area contributed by atoms with Crippen LogP contribution in [-0.2, 0) is 32.7 Å². The van der Waals surface area contributed by atoms with E-state index in [0.717, 1.165) is 67.5 Å². The van der Waals surface area contributed by atoms with Gasteiger partial charge in [0.1, 0.15) is 11.4 Å². The van der Waals surface area contributed by atoms with Crippen LogP contribution in [-0.4, -0.2) is 37.2 Å². The molecule has 7 nitrogen and oxygen atoms in total. The van der Waals surface area contributed by atoms with Crippen LogP contribution < -0.4 is 5.14 Å². The summed E-state index contributed by atoms with van der Waals surface area (Å²) in [4.78, 5) is 20.4. The van der Waals surface area contributed by atoms with Crippen LogP contribution in [0.5, 0.6) is 0 Å². The number of nitrogens with two attached hydrogens (primary N) is 1. The highest BCUT2D eigenvalue weighted by Gasteiger charge is 2.49. The minimum Gasteiger partial charge on any atom is -0.377 e. The minimum atomic E-state index is -3.89. The van der Waals surface area contributed by atoms with Crippen molar-refractivity contribution in [1.82, 2.24) is 4.90 Å². The summed E-state index contributed by atoms with van der Waals surface area (Å²) in [6.07, 6.45) is 6.59. The molecule has 1 amide bonds. The lowest BCUT2D eigenvalue weighted by Gasteiger charge is -2.23. The van der Waals surface area contributed by atoms with Gasteiger partial charge in [-0.15, -0.1) is 0 Å². The number of amides is 1. The normalized spacial score (nSPS) is 17.4. The number of nitrogens with zero attached hydrogens (tertiary/aromatic N) is 2. The van der Waals surface area contributed by atoms with E-state index < -0.39 is 15.6 Å². The van der Waals surface area contributed by atoms with Crippen molar-refractivity contribution in [3.05, 3.63) is 53.6 Å². The third-order valence-corrected chi connectivity index (χ3v) is 7.91. The first-order chi connectivity index (χ1) is 16.8. The van der Waals surface area contributed by atoms with Crippen LogP contribution in [0.1, 0.15) is 69.9 Å². The van der Waals surface area contributed by atoms with Crippen molar-refractivity contribution < 1.29 is 17.9 Å². The molecule has 1 aliphatic heterocycles. The Morgan fingerprint density at radius 2 is 1.83 bits per heavy atom. The molecule has 0 atom stereocenters. The van der Waals surface area contributed by atoms with Gasteiger partial charge in [0.25, 0.3) is 5.91 Å². The van der Waals surface area contributed by atoms with E-state index in [0.29, 0.717) is 25.3 Å². The molecular formula is C27H35N3O4S. The van der Waals surface area contributed by atoms with Crippen molar-refractivity contribution in [2.45, 2.75) is 82.4 Å². The third kappa shape index (κ3) is 5.34. The van der Waals surface area contributed by atoms with Gasteiger partial charge in [0, 0.05) is 18.6 Å². The second kappa shape index (κ2) is 10.6. The second-order valence-electron chi connectivity index (χ2n) is 9.43. The van der Waals surface area contributed by atoms with Crippen molar-refractivity contribution in [1.29, 1.82) is 0 Å². The molecule has 2 aromatic rings. The first kappa shape index (κ1) is 25.5. The van der Waals surface area contributed by atoms with Crippen molar-refractivity contribution in [3.63, 3.8) is 0 Å². The summed E-state index contributed by atoms with van der Waals surface area (Å²) in [5.41, 5.74) is 2.56. The maximum absolute atomic E-state index is 13.5. The summed E-state index contributed by atoms with van der Waals surface area (Å²) in [6.45, 7) is 5.36. The van der Waals surface area contributed by atoms with Crippen LogP contribution in [0.2, 0.25) is 0 Å². The Balaban J connectivity index is 1.69. The first-order valence-corrected chi connectivity index (χ1v) is 14.1. The summed E-state index contributed by atoms with van der Waals surface area (Å²) < 4.78 is 30.2. The molecule has 0 bridgehead atoms. The molecular weight excluding hydrogens is 462 g/mol. The van der Waals surface area contributed by atoms with Gasteiger partial charge >= 0.3 is 0 Å². The number of benzene rings is 2. The van der Waals surface area contributed by atoms with Crippen LogP contribution >= 0.6 is 0 Å². The van der Waals surface area contributed by atoms with Crippen LogP contribution in [0.25, 0.3) is 11.1 Å². The zero-order valence-electron chi connectivity index (χ0n) is 20.6. The summed E-state index contributed by atoms with van der Waals surface area (Å²) in [6, 6.07) is 12.6. The molecule has 2 aliphatic rings. The number of carbonyl (C=O) groups is 1. The summed E-state index contributed by atoms with van der Waals surface area (Å²) >= 11 is 0. The average Bonchev–Trinajstić information content (AvgIpc) is 3.42. The van der Waals surface area contributed by atoms with E-state index in [-0.39, 0.29) is 10.8 Å². The number of ether oxygens (including phenoxy) is 1. The monoisotopic (exact) mass is 497 g/mol. The van der Waals surface area contributed by atoms with E-state index in [1.54, 1.807) is 18.2 Å². The molecule has 0 aromatic heterocycles. The fourth-order valence-electron chi connectivity index (χ4n) is 5.16. The predicted molar refractivity (Wildman–Crippen MR) is 137 cm³/mol. The van der Waals surface area contributed by atoms with E-state index in [2.05, 4.69) is 6.92 Å². The van der Waals surface area contributed by atoms with Crippen molar-refractivity contribution >= 4 is 21.8 Å². The Hall–Kier alpha value is -2.55. The molecule has 2 N–H and O–H groups in total. The molecule has 1 saturated carbocycles. The molecule has 0 saturated heterocycles. The van der Waals surface area contributed by atoms with Crippen LogP contribution in [0.15, 0.2) is 52.4 Å². The summed E-state index contributed by atoms with van der Waals surface area (Å²) in [5, 5.41) is 5.49. The number of hydrogen-bond acceptors (Lipinski definition) is 5. The van der Waals surface area contributed by atoms with Gasteiger partial charge in [-0.2, -0.15) is 0 Å². The van der Waals surface area contributed by atoms with E-state index >= 15 is 0 Å². The van der Waals surface area contributed by atoms with Crippen molar-refractivity contribution in [3.8, 4) is 11.1 Å². The molecule has 2 aromatic carbocycles. The van der Waals surface area contributed by atoms with E-state index in [4.69, 9.17) is 14.9 Å². The zero-order valence-corrected chi connectivity index (χ0v) is 21.4. The highest BCUT2D eigenvalue weighted by Crippen LogP contribution is 2.40. The van der Waals surface area contributed by atoms with E-state index in [1.165, 1.54) is 6.07 Å². The Morgan fingerprint density at radius 3 is 2.51 bits per heavy atom. The molecule has 1 heterocycles. The van der Waals surface area contributed by atoms with Gasteiger partial charge in [-0.05, 0) is 48.9 Å². The highest BCUT2D eigenvalue weighted by atomic mass is 32.2. The van der Waals surface area contributed by atoms with Gasteiger partial charge in [0.15, 0.2) is 0 Å². The maximum Gasteiger partial charge on any atom is 0.256 e. The van der Waals surface area contributed by atoms with Crippen LogP contribution in [0, 0.1) is 0 Å². The molecule has 0 unspecified atom stereocenters. The van der Waals surface area contributed by atoms with Crippen molar-refractivity contribution in [2.75, 3.05) is 6.61 Å². The quantitative estimate of drug-likeness (QED) is 0.510. The maximum atomic E-state index is 13.5. The molecule has 35 heavy (non-hydrogen) atoms. The number of sulfonamides is 1. The number of unbranched alkanes of at least 4 members (excludes halogenated alkanes) is 1. The molecule has 188 valence electrons. The number of amidine groups is 1. The summed E-state index contributed by atoms with van der Waals surface area (Å²) in [7, 11) is -3.89. The van der Waals surface area contributed by atoms with Gasteiger partial charge in [-0.3, -0.25) is 14.7 Å². The fourth-order valence-corrected chi connectivity index (χ4v) is 5.91. The van der Waals surface area contributed by atoms with Gasteiger partial charge in [0.05, 0.1) is 18.0 Å². The third-order valence-electron chi connectivity index (χ3n) is 6.94. The van der Waals surface area contributed by atoms with Crippen molar-refractivity contribution in [2.24, 2.45) is 10.1 Å². The van der Waals surface area contributed by atoms with Gasteiger partial charge < -0.3 is 4.74 Å². The zero-order chi connectivity index (χ0) is 25.1. The lowest BCUT2D eigenvalue weighted by Crippen LogP contribution is -2.40. The number of rotatable bonds is 10. The fraction of sp³-hybridized carbons (Fsp3) is 0.481. The Labute approximate surface area is 208 Å². The number of carbonyl (C=O) groups excluding carboxylic acids is 1. The number of hydrogen-bond donors (Lipinski definition) is 1.